The van der Waals surface area contributed by atoms with Crippen LogP contribution in [0.25, 0.3) is 11.1 Å². The molecule has 2 aromatic rings. The fourth-order valence-electron chi connectivity index (χ4n) is 2.53. The van der Waals surface area contributed by atoms with Gasteiger partial charge >= 0.3 is 0 Å². The zero-order chi connectivity index (χ0) is 17.5. The molecule has 0 saturated carbocycles. The summed E-state index contributed by atoms with van der Waals surface area (Å²) in [6.07, 6.45) is 1.05. The van der Waals surface area contributed by atoms with E-state index in [1.807, 2.05) is 24.3 Å². The Labute approximate surface area is 143 Å². The van der Waals surface area contributed by atoms with Crippen LogP contribution in [0, 0.1) is 13.8 Å². The maximum Gasteiger partial charge on any atom is 0.251 e. The highest BCUT2D eigenvalue weighted by atomic mass is 16.2. The van der Waals surface area contributed by atoms with E-state index < -0.39 is 0 Å². The lowest BCUT2D eigenvalue weighted by Crippen LogP contribution is -2.26. The first-order valence-corrected chi connectivity index (χ1v) is 8.17. The Morgan fingerprint density at radius 1 is 1.00 bits per heavy atom. The highest BCUT2D eigenvalue weighted by Gasteiger charge is 2.07. The third-order valence-corrected chi connectivity index (χ3v) is 4.00. The van der Waals surface area contributed by atoms with E-state index in [-0.39, 0.29) is 11.8 Å². The number of amides is 2. The minimum Gasteiger partial charge on any atom is -0.359 e. The van der Waals surface area contributed by atoms with Crippen molar-refractivity contribution in [2.24, 2.45) is 0 Å². The number of hydrogen-bond donors (Lipinski definition) is 2. The van der Waals surface area contributed by atoms with Gasteiger partial charge in [0.2, 0.25) is 5.91 Å². The monoisotopic (exact) mass is 324 g/mol. The lowest BCUT2D eigenvalue weighted by atomic mass is 9.97. The zero-order valence-corrected chi connectivity index (χ0v) is 14.5. The first-order chi connectivity index (χ1) is 11.5. The van der Waals surface area contributed by atoms with Gasteiger partial charge in [0.1, 0.15) is 0 Å². The summed E-state index contributed by atoms with van der Waals surface area (Å²) >= 11 is 0. The van der Waals surface area contributed by atoms with Crippen LogP contribution in [0.15, 0.2) is 42.5 Å². The van der Waals surface area contributed by atoms with E-state index in [1.165, 1.54) is 16.7 Å². The Morgan fingerprint density at radius 2 is 1.71 bits per heavy atom. The molecule has 4 heteroatoms. The molecular weight excluding hydrogens is 300 g/mol. The van der Waals surface area contributed by atoms with Gasteiger partial charge < -0.3 is 10.6 Å². The second-order valence-electron chi connectivity index (χ2n) is 5.93. The van der Waals surface area contributed by atoms with Crippen LogP contribution in [-0.4, -0.2) is 25.4 Å². The van der Waals surface area contributed by atoms with Crippen molar-refractivity contribution >= 4 is 11.8 Å². The van der Waals surface area contributed by atoms with Crippen LogP contribution < -0.4 is 10.6 Å². The average molecular weight is 324 g/mol. The van der Waals surface area contributed by atoms with Gasteiger partial charge in [-0.25, -0.2) is 0 Å². The van der Waals surface area contributed by atoms with E-state index in [4.69, 9.17) is 0 Å². The standard InChI is InChI=1S/C20H24N2O2/c1-14-6-7-15(2)18(13-14)16-8-10-17(11-9-16)20(24)22-12-4-5-19(23)21-3/h6-11,13H,4-5,12H2,1-3H3,(H,21,23)(H,22,24). The van der Waals surface area contributed by atoms with Gasteiger partial charge in [-0.3, -0.25) is 9.59 Å². The van der Waals surface area contributed by atoms with E-state index >= 15 is 0 Å². The number of benzene rings is 2. The minimum atomic E-state index is -0.112. The molecular formula is C20H24N2O2. The summed E-state index contributed by atoms with van der Waals surface area (Å²) in [7, 11) is 1.61. The summed E-state index contributed by atoms with van der Waals surface area (Å²) in [4.78, 5) is 23.2. The summed E-state index contributed by atoms with van der Waals surface area (Å²) < 4.78 is 0. The largest absolute Gasteiger partial charge is 0.359 e. The number of nitrogens with one attached hydrogen (secondary N) is 2. The smallest absolute Gasteiger partial charge is 0.251 e. The van der Waals surface area contributed by atoms with Gasteiger partial charge in [0, 0.05) is 25.6 Å². The van der Waals surface area contributed by atoms with Crippen LogP contribution >= 0.6 is 0 Å². The number of hydrogen-bond acceptors (Lipinski definition) is 2. The molecule has 0 saturated heterocycles. The molecule has 0 radical (unpaired) electrons. The number of aryl methyl sites for hydroxylation is 2. The van der Waals surface area contributed by atoms with Crippen molar-refractivity contribution in [3.8, 4) is 11.1 Å². The third kappa shape index (κ3) is 4.69. The molecule has 2 N–H and O–H groups in total. The summed E-state index contributed by atoms with van der Waals surface area (Å²) in [5, 5.41) is 5.40. The van der Waals surface area contributed by atoms with Crippen molar-refractivity contribution in [2.45, 2.75) is 26.7 Å². The summed E-state index contributed by atoms with van der Waals surface area (Å²) in [6.45, 7) is 4.65. The Kier molecular flexibility index (Phi) is 6.13. The topological polar surface area (TPSA) is 58.2 Å². The van der Waals surface area contributed by atoms with Crippen LogP contribution in [0.2, 0.25) is 0 Å². The molecule has 0 aromatic heterocycles. The summed E-state index contributed by atoms with van der Waals surface area (Å²) in [5.74, 6) is -0.124. The highest BCUT2D eigenvalue weighted by Crippen LogP contribution is 2.24. The molecule has 24 heavy (non-hydrogen) atoms. The van der Waals surface area contributed by atoms with Crippen LogP contribution in [0.1, 0.15) is 34.3 Å². The minimum absolute atomic E-state index is 0.0119. The van der Waals surface area contributed by atoms with Crippen molar-refractivity contribution in [1.29, 1.82) is 0 Å². The number of carbonyl (C=O) groups is 2. The van der Waals surface area contributed by atoms with Gasteiger partial charge in [-0.05, 0) is 49.1 Å². The van der Waals surface area contributed by atoms with E-state index in [0.29, 0.717) is 24.9 Å². The number of rotatable bonds is 6. The molecule has 0 heterocycles. The highest BCUT2D eigenvalue weighted by molar-refractivity contribution is 5.94. The maximum atomic E-state index is 12.1. The van der Waals surface area contributed by atoms with Crippen LogP contribution in [-0.2, 0) is 4.79 Å². The fraction of sp³-hybridized carbons (Fsp3) is 0.300. The second kappa shape index (κ2) is 8.29. The fourth-order valence-corrected chi connectivity index (χ4v) is 2.53. The van der Waals surface area contributed by atoms with Gasteiger partial charge in [-0.15, -0.1) is 0 Å². The molecule has 2 aromatic carbocycles. The van der Waals surface area contributed by atoms with Gasteiger partial charge in [0.15, 0.2) is 0 Å². The van der Waals surface area contributed by atoms with Gasteiger partial charge in [-0.2, -0.15) is 0 Å². The lowest BCUT2D eigenvalue weighted by Gasteiger charge is -2.09. The molecule has 2 amide bonds. The van der Waals surface area contributed by atoms with Crippen molar-refractivity contribution in [3.63, 3.8) is 0 Å². The molecule has 0 spiro atoms. The zero-order valence-electron chi connectivity index (χ0n) is 14.5. The van der Waals surface area contributed by atoms with Crippen molar-refractivity contribution in [3.05, 3.63) is 59.2 Å². The lowest BCUT2D eigenvalue weighted by molar-refractivity contribution is -0.120. The first kappa shape index (κ1) is 17.7. The van der Waals surface area contributed by atoms with Gasteiger partial charge in [0.05, 0.1) is 0 Å². The Balaban J connectivity index is 1.97. The van der Waals surface area contributed by atoms with E-state index in [0.717, 1.165) is 5.56 Å². The number of carbonyl (C=O) groups excluding carboxylic acids is 2. The Morgan fingerprint density at radius 3 is 2.38 bits per heavy atom. The molecule has 0 unspecified atom stereocenters. The van der Waals surface area contributed by atoms with Crippen molar-refractivity contribution in [2.75, 3.05) is 13.6 Å². The van der Waals surface area contributed by atoms with E-state index in [2.05, 4.69) is 42.7 Å². The molecule has 0 aliphatic heterocycles. The molecule has 0 aliphatic carbocycles. The average Bonchev–Trinajstić information content (AvgIpc) is 2.60. The maximum absolute atomic E-state index is 12.1. The Bertz CT molecular complexity index is 721. The molecule has 4 nitrogen and oxygen atoms in total. The molecule has 0 fully saturated rings. The predicted molar refractivity (Wildman–Crippen MR) is 97.0 cm³/mol. The summed E-state index contributed by atoms with van der Waals surface area (Å²) in [6, 6.07) is 14.0. The quantitative estimate of drug-likeness (QED) is 0.802. The van der Waals surface area contributed by atoms with Crippen LogP contribution in [0.5, 0.6) is 0 Å². The van der Waals surface area contributed by atoms with E-state index in [1.54, 1.807) is 7.05 Å². The van der Waals surface area contributed by atoms with Gasteiger partial charge in [0.25, 0.3) is 5.91 Å². The van der Waals surface area contributed by atoms with Crippen LogP contribution in [0.3, 0.4) is 0 Å². The van der Waals surface area contributed by atoms with Gasteiger partial charge in [-0.1, -0.05) is 35.9 Å². The molecule has 126 valence electrons. The van der Waals surface area contributed by atoms with E-state index in [9.17, 15) is 9.59 Å². The second-order valence-corrected chi connectivity index (χ2v) is 5.93. The third-order valence-electron chi connectivity index (χ3n) is 4.00. The predicted octanol–water partition coefficient (Wildman–Crippen LogP) is 3.23. The SMILES string of the molecule is CNC(=O)CCCNC(=O)c1ccc(-c2cc(C)ccc2C)cc1. The molecule has 0 aliphatic rings. The molecule has 2 rings (SSSR count). The molecule has 0 bridgehead atoms. The first-order valence-electron chi connectivity index (χ1n) is 8.17. The van der Waals surface area contributed by atoms with Crippen molar-refractivity contribution < 1.29 is 9.59 Å². The normalized spacial score (nSPS) is 10.3. The summed E-state index contributed by atoms with van der Waals surface area (Å²) in [5.41, 5.74) is 5.35. The van der Waals surface area contributed by atoms with Crippen molar-refractivity contribution in [1.82, 2.24) is 10.6 Å². The van der Waals surface area contributed by atoms with Crippen LogP contribution in [0.4, 0.5) is 0 Å². The molecule has 0 atom stereocenters. The Hall–Kier alpha value is -2.62.